The first-order valence-electron chi connectivity index (χ1n) is 9.11. The third-order valence-corrected chi connectivity index (χ3v) is 10.7. The highest BCUT2D eigenvalue weighted by Gasteiger charge is 2.37. The fourth-order valence-electron chi connectivity index (χ4n) is 2.62. The second-order valence-electron chi connectivity index (χ2n) is 8.18. The van der Waals surface area contributed by atoms with E-state index in [1.54, 1.807) is 24.3 Å². The van der Waals surface area contributed by atoms with Crippen LogP contribution in [0.2, 0.25) is 18.1 Å². The van der Waals surface area contributed by atoms with E-state index in [1.807, 2.05) is 0 Å². The summed E-state index contributed by atoms with van der Waals surface area (Å²) in [6.45, 7) is 13.4. The first-order valence-corrected chi connectivity index (χ1v) is 12.8. The Bertz CT molecular complexity index is 827. The molecule has 0 fully saturated rings. The van der Waals surface area contributed by atoms with Crippen LogP contribution >= 0.6 is 15.9 Å². The van der Waals surface area contributed by atoms with Crippen molar-refractivity contribution in [2.75, 3.05) is 0 Å². The Labute approximate surface area is 171 Å². The van der Waals surface area contributed by atoms with Gasteiger partial charge in [-0.25, -0.2) is 4.98 Å². The maximum atomic E-state index is 11.8. The molecule has 1 aromatic carbocycles. The summed E-state index contributed by atoms with van der Waals surface area (Å²) in [5, 5.41) is 9.66. The van der Waals surface area contributed by atoms with Crippen LogP contribution in [0.15, 0.2) is 28.7 Å². The van der Waals surface area contributed by atoms with Gasteiger partial charge in [-0.3, -0.25) is 4.79 Å². The molecule has 4 nitrogen and oxygen atoms in total. The van der Waals surface area contributed by atoms with Crippen molar-refractivity contribution in [3.63, 3.8) is 0 Å². The van der Waals surface area contributed by atoms with Crippen LogP contribution in [0.25, 0.3) is 11.1 Å². The number of carbonyl (C=O) groups is 1. The van der Waals surface area contributed by atoms with Crippen molar-refractivity contribution in [2.24, 2.45) is 0 Å². The summed E-state index contributed by atoms with van der Waals surface area (Å²) in [6.07, 6.45) is 1.54. The van der Waals surface area contributed by atoms with Gasteiger partial charge in [-0.2, -0.15) is 0 Å². The van der Waals surface area contributed by atoms with E-state index in [4.69, 9.17) is 4.43 Å². The Hall–Kier alpha value is -1.50. The predicted octanol–water partition coefficient (Wildman–Crippen LogP) is 6.11. The highest BCUT2D eigenvalue weighted by atomic mass is 79.9. The van der Waals surface area contributed by atoms with Gasteiger partial charge in [0.05, 0.1) is 12.3 Å². The molecule has 1 heterocycles. The highest BCUT2D eigenvalue weighted by molar-refractivity contribution is 9.10. The second-order valence-corrected chi connectivity index (χ2v) is 13.8. The van der Waals surface area contributed by atoms with E-state index in [1.165, 1.54) is 0 Å². The summed E-state index contributed by atoms with van der Waals surface area (Å²) in [7, 11) is -1.93. The van der Waals surface area contributed by atoms with Crippen molar-refractivity contribution >= 4 is 30.5 Å². The highest BCUT2D eigenvalue weighted by Crippen LogP contribution is 2.39. The smallest absolute Gasteiger partial charge is 0.192 e. The zero-order valence-electron chi connectivity index (χ0n) is 16.9. The average Bonchev–Trinajstić information content (AvgIpc) is 2.60. The predicted molar refractivity (Wildman–Crippen MR) is 116 cm³/mol. The molecule has 0 atom stereocenters. The number of aldehydes is 1. The van der Waals surface area contributed by atoms with Gasteiger partial charge in [0, 0.05) is 10.0 Å². The number of benzene rings is 1. The number of phenols is 1. The van der Waals surface area contributed by atoms with Crippen LogP contribution < -0.4 is 0 Å². The summed E-state index contributed by atoms with van der Waals surface area (Å²) in [4.78, 5) is 16.4. The van der Waals surface area contributed by atoms with Crippen LogP contribution in [-0.4, -0.2) is 24.7 Å². The molecular formula is C21H28BrNO3Si. The minimum atomic E-state index is -1.93. The molecule has 0 saturated heterocycles. The fourth-order valence-corrected chi connectivity index (χ4v) is 4.23. The Balaban J connectivity index is 2.51. The molecular weight excluding hydrogens is 422 g/mol. The first-order chi connectivity index (χ1) is 12.5. The van der Waals surface area contributed by atoms with Gasteiger partial charge in [0.15, 0.2) is 14.6 Å². The maximum absolute atomic E-state index is 11.8. The lowest BCUT2D eigenvalue weighted by Crippen LogP contribution is -2.40. The van der Waals surface area contributed by atoms with Crippen molar-refractivity contribution in [1.29, 1.82) is 0 Å². The molecule has 2 rings (SSSR count). The molecule has 0 aliphatic carbocycles. The van der Waals surface area contributed by atoms with Crippen LogP contribution in [0.1, 0.15) is 49.4 Å². The topological polar surface area (TPSA) is 59.4 Å². The Kier molecular flexibility index (Phi) is 6.66. The van der Waals surface area contributed by atoms with Crippen molar-refractivity contribution < 1.29 is 14.3 Å². The molecule has 0 spiro atoms. The van der Waals surface area contributed by atoms with E-state index < -0.39 is 8.32 Å². The summed E-state index contributed by atoms with van der Waals surface area (Å²) in [6, 6.07) is 6.84. The number of halogens is 1. The SMILES string of the molecule is CCc1c(Br)c(CO[Si](C)(C)C(C)(C)C)nc(C=O)c1-c1ccc(O)cc1. The number of aromatic nitrogens is 1. The summed E-state index contributed by atoms with van der Waals surface area (Å²) in [5.74, 6) is 0.191. The van der Waals surface area contributed by atoms with Crippen molar-refractivity contribution in [3.8, 4) is 16.9 Å². The molecule has 0 amide bonds. The lowest BCUT2D eigenvalue weighted by Gasteiger charge is -2.36. The van der Waals surface area contributed by atoms with Gasteiger partial charge < -0.3 is 9.53 Å². The number of hydrogen-bond donors (Lipinski definition) is 1. The summed E-state index contributed by atoms with van der Waals surface area (Å²) >= 11 is 3.69. The number of pyridine rings is 1. The molecule has 6 heteroatoms. The van der Waals surface area contributed by atoms with E-state index in [-0.39, 0.29) is 10.8 Å². The van der Waals surface area contributed by atoms with Crippen LogP contribution in [0.5, 0.6) is 5.75 Å². The minimum absolute atomic E-state index is 0.104. The van der Waals surface area contributed by atoms with Crippen molar-refractivity contribution in [1.82, 2.24) is 4.98 Å². The Morgan fingerprint density at radius 2 is 1.81 bits per heavy atom. The quantitative estimate of drug-likeness (QED) is 0.426. The molecule has 27 heavy (non-hydrogen) atoms. The molecule has 2 aromatic rings. The van der Waals surface area contributed by atoms with Gasteiger partial charge >= 0.3 is 0 Å². The van der Waals surface area contributed by atoms with Gasteiger partial charge in [0.25, 0.3) is 0 Å². The molecule has 0 saturated carbocycles. The maximum Gasteiger partial charge on any atom is 0.192 e. The second kappa shape index (κ2) is 8.25. The molecule has 1 N–H and O–H groups in total. The molecule has 146 valence electrons. The van der Waals surface area contributed by atoms with Crippen molar-refractivity contribution in [3.05, 3.63) is 45.7 Å². The number of phenolic OH excluding ortho intramolecular Hbond substituents is 1. The first kappa shape index (κ1) is 21.8. The fraction of sp³-hybridized carbons (Fsp3) is 0.429. The van der Waals surface area contributed by atoms with E-state index in [2.05, 4.69) is 61.7 Å². The zero-order valence-corrected chi connectivity index (χ0v) is 19.5. The number of hydrogen-bond acceptors (Lipinski definition) is 4. The van der Waals surface area contributed by atoms with Crippen LogP contribution in [0.4, 0.5) is 0 Å². The normalized spacial score (nSPS) is 12.3. The van der Waals surface area contributed by atoms with E-state index >= 15 is 0 Å². The standard InChI is InChI=1S/C21H28BrNO3Si/c1-7-16-19(14-8-10-15(25)11-9-14)17(12-24)23-18(20(16)22)13-26-27(5,6)21(2,3)4/h8-12,25H,7,13H2,1-6H3. The molecule has 0 aliphatic heterocycles. The third-order valence-electron chi connectivity index (χ3n) is 5.33. The van der Waals surface area contributed by atoms with Crippen molar-refractivity contribution in [2.45, 2.75) is 58.9 Å². The number of nitrogens with zero attached hydrogens (tertiary/aromatic N) is 1. The lowest BCUT2D eigenvalue weighted by atomic mass is 9.96. The van der Waals surface area contributed by atoms with Gasteiger partial charge in [-0.05, 0) is 63.7 Å². The van der Waals surface area contributed by atoms with E-state index in [9.17, 15) is 9.90 Å². The van der Waals surface area contributed by atoms with Gasteiger partial charge in [-0.15, -0.1) is 0 Å². The minimum Gasteiger partial charge on any atom is -0.508 e. The summed E-state index contributed by atoms with van der Waals surface area (Å²) < 4.78 is 7.20. The Morgan fingerprint density at radius 3 is 2.30 bits per heavy atom. The largest absolute Gasteiger partial charge is 0.508 e. The molecule has 1 aromatic heterocycles. The van der Waals surface area contributed by atoms with Gasteiger partial charge in [-0.1, -0.05) is 39.8 Å². The van der Waals surface area contributed by atoms with Gasteiger partial charge in [0.1, 0.15) is 11.4 Å². The molecule has 0 radical (unpaired) electrons. The number of aromatic hydroxyl groups is 1. The monoisotopic (exact) mass is 449 g/mol. The molecule has 0 unspecified atom stereocenters. The molecule has 0 bridgehead atoms. The van der Waals surface area contributed by atoms with Crippen LogP contribution in [-0.2, 0) is 17.5 Å². The number of carbonyl (C=O) groups excluding carboxylic acids is 1. The summed E-state index contributed by atoms with van der Waals surface area (Å²) in [5.41, 5.74) is 3.83. The van der Waals surface area contributed by atoms with Gasteiger partial charge in [0.2, 0.25) is 0 Å². The van der Waals surface area contributed by atoms with E-state index in [0.29, 0.717) is 12.3 Å². The third kappa shape index (κ3) is 4.68. The number of rotatable bonds is 6. The molecule has 0 aliphatic rings. The lowest BCUT2D eigenvalue weighted by molar-refractivity contribution is 0.111. The zero-order chi connectivity index (χ0) is 20.4. The van der Waals surface area contributed by atoms with Crippen LogP contribution in [0, 0.1) is 0 Å². The van der Waals surface area contributed by atoms with Crippen LogP contribution in [0.3, 0.4) is 0 Å². The average molecular weight is 450 g/mol. The Morgan fingerprint density at radius 1 is 1.22 bits per heavy atom. The van der Waals surface area contributed by atoms with E-state index in [0.717, 1.165) is 39.6 Å².